The lowest BCUT2D eigenvalue weighted by atomic mass is 10.0. The highest BCUT2D eigenvalue weighted by molar-refractivity contribution is 7.88. The van der Waals surface area contributed by atoms with Crippen LogP contribution in [0.15, 0.2) is 35.9 Å². The lowest BCUT2D eigenvalue weighted by Crippen LogP contribution is -2.45. The molecule has 0 radical (unpaired) electrons. The zero-order valence-corrected chi connectivity index (χ0v) is 19.1. The molecule has 0 amide bonds. The summed E-state index contributed by atoms with van der Waals surface area (Å²) in [5.41, 5.74) is 2.75. The normalized spacial score (nSPS) is 23.6. The quantitative estimate of drug-likeness (QED) is 0.640. The Bertz CT molecular complexity index is 720. The highest BCUT2D eigenvalue weighted by Gasteiger charge is 2.39. The summed E-state index contributed by atoms with van der Waals surface area (Å²) in [5.74, 6) is 0.673. The minimum atomic E-state index is -3.07. The highest BCUT2D eigenvalue weighted by Crippen LogP contribution is 2.38. The molecule has 5 nitrogen and oxygen atoms in total. The van der Waals surface area contributed by atoms with E-state index < -0.39 is 10.0 Å². The average molecular weight is 450 g/mol. The van der Waals surface area contributed by atoms with E-state index in [1.54, 1.807) is 0 Å². The number of hydrogen-bond acceptors (Lipinski definition) is 4. The zero-order valence-electron chi connectivity index (χ0n) is 16.6. The van der Waals surface area contributed by atoms with Gasteiger partial charge in [-0.25, -0.2) is 13.1 Å². The van der Waals surface area contributed by atoms with Gasteiger partial charge in [0, 0.05) is 25.2 Å². The molecule has 0 bridgehead atoms. The van der Waals surface area contributed by atoms with Crippen LogP contribution >= 0.6 is 24.8 Å². The molecule has 1 aromatic carbocycles. The summed E-state index contributed by atoms with van der Waals surface area (Å²) in [6.07, 6.45) is 7.05. The van der Waals surface area contributed by atoms with Crippen LogP contribution in [0.1, 0.15) is 31.7 Å². The van der Waals surface area contributed by atoms with Crippen molar-refractivity contribution in [2.45, 2.75) is 38.3 Å². The molecule has 28 heavy (non-hydrogen) atoms. The Morgan fingerprint density at radius 1 is 1.18 bits per heavy atom. The van der Waals surface area contributed by atoms with Crippen LogP contribution in [0, 0.1) is 5.92 Å². The van der Waals surface area contributed by atoms with Crippen LogP contribution < -0.4 is 10.0 Å². The highest BCUT2D eigenvalue weighted by atomic mass is 35.5. The largest absolute Gasteiger partial charge is 0.311 e. The van der Waals surface area contributed by atoms with Crippen LogP contribution in [0.2, 0.25) is 0 Å². The second-order valence-corrected chi connectivity index (χ2v) is 9.53. The first-order valence-electron chi connectivity index (χ1n) is 9.57. The van der Waals surface area contributed by atoms with Crippen LogP contribution in [-0.4, -0.2) is 57.8 Å². The van der Waals surface area contributed by atoms with Gasteiger partial charge >= 0.3 is 0 Å². The Kier molecular flexibility index (Phi) is 10.5. The van der Waals surface area contributed by atoms with E-state index in [0.717, 1.165) is 32.5 Å². The van der Waals surface area contributed by atoms with Gasteiger partial charge in [0.25, 0.3) is 0 Å². The number of rotatable bonds is 8. The minimum absolute atomic E-state index is 0. The van der Waals surface area contributed by atoms with Crippen LogP contribution in [0.4, 0.5) is 0 Å². The molecular weight excluding hydrogens is 417 g/mol. The summed E-state index contributed by atoms with van der Waals surface area (Å²) < 4.78 is 24.8. The summed E-state index contributed by atoms with van der Waals surface area (Å²) in [4.78, 5) is 2.35. The summed E-state index contributed by atoms with van der Waals surface area (Å²) in [6, 6.07) is 11.7. The van der Waals surface area contributed by atoms with Gasteiger partial charge in [0.2, 0.25) is 10.0 Å². The molecule has 2 fully saturated rings. The molecule has 2 aliphatic rings. The van der Waals surface area contributed by atoms with Crippen LogP contribution in [0.5, 0.6) is 0 Å². The third-order valence-electron chi connectivity index (χ3n) is 5.40. The van der Waals surface area contributed by atoms with Crippen molar-refractivity contribution in [3.8, 4) is 0 Å². The van der Waals surface area contributed by atoms with Crippen molar-refractivity contribution in [1.29, 1.82) is 0 Å². The van der Waals surface area contributed by atoms with Gasteiger partial charge in [-0.2, -0.15) is 0 Å². The molecule has 1 aliphatic heterocycles. The first-order chi connectivity index (χ1) is 12.4. The molecule has 0 aromatic heterocycles. The van der Waals surface area contributed by atoms with Crippen molar-refractivity contribution in [2.75, 3.05) is 32.4 Å². The number of benzene rings is 1. The second-order valence-electron chi connectivity index (χ2n) is 7.70. The molecule has 1 heterocycles. The van der Waals surface area contributed by atoms with Gasteiger partial charge in [0.05, 0.1) is 6.26 Å². The van der Waals surface area contributed by atoms with Crippen molar-refractivity contribution in [2.24, 2.45) is 5.92 Å². The van der Waals surface area contributed by atoms with Crippen LogP contribution in [-0.2, 0) is 10.0 Å². The van der Waals surface area contributed by atoms with E-state index in [-0.39, 0.29) is 24.8 Å². The van der Waals surface area contributed by atoms with Crippen molar-refractivity contribution in [3.63, 3.8) is 0 Å². The van der Waals surface area contributed by atoms with Crippen molar-refractivity contribution >= 4 is 40.9 Å². The summed E-state index contributed by atoms with van der Waals surface area (Å²) in [7, 11) is -3.07. The molecule has 3 rings (SSSR count). The Labute approximate surface area is 182 Å². The fourth-order valence-electron chi connectivity index (χ4n) is 3.82. The molecule has 2 unspecified atom stereocenters. The Morgan fingerprint density at radius 2 is 1.82 bits per heavy atom. The predicted octanol–water partition coefficient (Wildman–Crippen LogP) is 2.93. The van der Waals surface area contributed by atoms with Gasteiger partial charge in [-0.3, -0.25) is 0 Å². The molecule has 1 aliphatic carbocycles. The van der Waals surface area contributed by atoms with Crippen molar-refractivity contribution < 1.29 is 8.42 Å². The second kappa shape index (κ2) is 11.5. The Hall–Kier alpha value is -0.630. The molecule has 2 N–H and O–H groups in total. The molecule has 0 spiro atoms. The van der Waals surface area contributed by atoms with E-state index in [9.17, 15) is 8.42 Å². The predicted molar refractivity (Wildman–Crippen MR) is 122 cm³/mol. The topological polar surface area (TPSA) is 61.4 Å². The maximum atomic E-state index is 11.1. The van der Waals surface area contributed by atoms with Gasteiger partial charge in [-0.1, -0.05) is 42.0 Å². The third kappa shape index (κ3) is 8.39. The molecular formula is C20H33Cl2N3O2S. The Morgan fingerprint density at radius 3 is 2.43 bits per heavy atom. The fourth-order valence-corrected chi connectivity index (χ4v) is 4.28. The Balaban J connectivity index is 0.00000196. The van der Waals surface area contributed by atoms with Gasteiger partial charge in [-0.15, -0.1) is 24.8 Å². The van der Waals surface area contributed by atoms with E-state index in [0.29, 0.717) is 24.5 Å². The summed E-state index contributed by atoms with van der Waals surface area (Å²) in [6.45, 7) is 5.63. The minimum Gasteiger partial charge on any atom is -0.311 e. The number of hydrogen-bond donors (Lipinski definition) is 2. The third-order valence-corrected chi connectivity index (χ3v) is 6.13. The monoisotopic (exact) mass is 449 g/mol. The maximum Gasteiger partial charge on any atom is 0.208 e. The SMILES string of the molecule is C/C(=C\c1ccccc1)C1CC1NC1CCN(CCNS(C)(=O)=O)CC1.Cl.Cl. The lowest BCUT2D eigenvalue weighted by molar-refractivity contribution is 0.199. The molecule has 1 aromatic rings. The molecule has 1 saturated carbocycles. The van der Waals surface area contributed by atoms with Crippen molar-refractivity contribution in [3.05, 3.63) is 41.5 Å². The molecule has 2 atom stereocenters. The van der Waals surface area contributed by atoms with E-state index >= 15 is 0 Å². The van der Waals surface area contributed by atoms with Crippen LogP contribution in [0.25, 0.3) is 6.08 Å². The zero-order chi connectivity index (χ0) is 18.6. The lowest BCUT2D eigenvalue weighted by Gasteiger charge is -2.32. The van der Waals surface area contributed by atoms with Crippen molar-refractivity contribution in [1.82, 2.24) is 14.9 Å². The van der Waals surface area contributed by atoms with E-state index in [2.05, 4.69) is 58.3 Å². The smallest absolute Gasteiger partial charge is 0.208 e. The maximum absolute atomic E-state index is 11.1. The average Bonchev–Trinajstić information content (AvgIpc) is 3.36. The van der Waals surface area contributed by atoms with Crippen LogP contribution in [0.3, 0.4) is 0 Å². The van der Waals surface area contributed by atoms with Gasteiger partial charge in [0.15, 0.2) is 0 Å². The fraction of sp³-hybridized carbons (Fsp3) is 0.600. The summed E-state index contributed by atoms with van der Waals surface area (Å²) in [5, 5.41) is 3.83. The van der Waals surface area contributed by atoms with Gasteiger partial charge < -0.3 is 10.2 Å². The number of sulfonamides is 1. The van der Waals surface area contributed by atoms with Gasteiger partial charge in [0.1, 0.15) is 0 Å². The molecule has 8 heteroatoms. The van der Waals surface area contributed by atoms with E-state index in [1.807, 2.05) is 0 Å². The number of nitrogens with zero attached hydrogens (tertiary/aromatic N) is 1. The summed E-state index contributed by atoms with van der Waals surface area (Å²) >= 11 is 0. The standard InChI is InChI=1S/C20H31N3O2S.2ClH/c1-16(14-17-6-4-3-5-7-17)19-15-20(19)22-18-8-11-23(12-9-18)13-10-21-26(2,24)25;;/h3-7,14,18-22H,8-13,15H2,1-2H3;2*1H/b16-14+;;. The van der Waals surface area contributed by atoms with Gasteiger partial charge in [-0.05, 0) is 50.8 Å². The molecule has 1 saturated heterocycles. The molecule has 160 valence electrons. The number of nitrogens with one attached hydrogen (secondary N) is 2. The number of halogens is 2. The van der Waals surface area contributed by atoms with E-state index in [4.69, 9.17) is 0 Å². The number of likely N-dealkylation sites (tertiary alicyclic amines) is 1. The first kappa shape index (κ1) is 25.4. The number of piperidine rings is 1. The first-order valence-corrected chi connectivity index (χ1v) is 11.5. The van der Waals surface area contributed by atoms with E-state index in [1.165, 1.54) is 23.8 Å².